The Morgan fingerprint density at radius 3 is 2.36 bits per heavy atom. The van der Waals surface area contributed by atoms with E-state index in [4.69, 9.17) is 32.7 Å². The first kappa shape index (κ1) is 19.2. The minimum absolute atomic E-state index is 0.238. The number of halogens is 2. The van der Waals surface area contributed by atoms with Gasteiger partial charge in [0.25, 0.3) is 5.91 Å². The van der Waals surface area contributed by atoms with E-state index in [1.807, 2.05) is 18.2 Å². The average Bonchev–Trinajstić information content (AvgIpc) is 2.63. The number of benzene rings is 2. The molecule has 1 N–H and O–H groups in total. The summed E-state index contributed by atoms with van der Waals surface area (Å²) in [6.45, 7) is 0.468. The van der Waals surface area contributed by atoms with Gasteiger partial charge in [-0.2, -0.15) is 0 Å². The molecule has 0 aliphatic heterocycles. The molecule has 0 aliphatic carbocycles. The van der Waals surface area contributed by atoms with Crippen molar-refractivity contribution in [3.8, 4) is 11.5 Å². The summed E-state index contributed by atoms with van der Waals surface area (Å²) in [7, 11) is 3.18. The molecule has 25 heavy (non-hydrogen) atoms. The second-order valence-electron chi connectivity index (χ2n) is 5.22. The predicted octanol–water partition coefficient (Wildman–Crippen LogP) is 4.30. The molecule has 0 bridgehead atoms. The normalized spacial score (nSPS) is 11.1. The highest BCUT2D eigenvalue weighted by Crippen LogP contribution is 2.27. The van der Waals surface area contributed by atoms with E-state index in [0.29, 0.717) is 40.6 Å². The number of hydrogen-bond donors (Lipinski definition) is 1. The standard InChI is InChI=1S/C19H19Cl2NO3/c1-24-17-8-3-13(11-18(17)25-2)9-10-22-19(23)16(12-20)14-4-6-15(21)7-5-14/h3-8,11-12H,9-10H2,1-2H3,(H,22,23). The van der Waals surface area contributed by atoms with Gasteiger partial charge in [0.15, 0.2) is 11.5 Å². The van der Waals surface area contributed by atoms with Crippen LogP contribution in [0.1, 0.15) is 11.1 Å². The molecule has 0 radical (unpaired) electrons. The van der Waals surface area contributed by atoms with Crippen molar-refractivity contribution in [2.45, 2.75) is 6.42 Å². The molecule has 0 spiro atoms. The molecule has 4 nitrogen and oxygen atoms in total. The van der Waals surface area contributed by atoms with Gasteiger partial charge in [0.2, 0.25) is 0 Å². The van der Waals surface area contributed by atoms with E-state index in [2.05, 4.69) is 5.32 Å². The summed E-state index contributed by atoms with van der Waals surface area (Å²) in [6, 6.07) is 12.6. The van der Waals surface area contributed by atoms with Crippen molar-refractivity contribution in [2.75, 3.05) is 20.8 Å². The molecule has 132 valence electrons. The van der Waals surface area contributed by atoms with Gasteiger partial charge in [-0.1, -0.05) is 41.4 Å². The van der Waals surface area contributed by atoms with Gasteiger partial charge in [0.1, 0.15) is 0 Å². The van der Waals surface area contributed by atoms with Crippen LogP contribution in [0, 0.1) is 0 Å². The van der Waals surface area contributed by atoms with E-state index in [1.165, 1.54) is 5.54 Å². The highest BCUT2D eigenvalue weighted by molar-refractivity contribution is 6.35. The molecule has 0 saturated heterocycles. The number of methoxy groups -OCH3 is 2. The zero-order valence-electron chi connectivity index (χ0n) is 14.0. The first-order valence-electron chi connectivity index (χ1n) is 7.64. The molecule has 2 aromatic rings. The van der Waals surface area contributed by atoms with Gasteiger partial charge in [-0.3, -0.25) is 4.79 Å². The van der Waals surface area contributed by atoms with Crippen molar-refractivity contribution < 1.29 is 14.3 Å². The van der Waals surface area contributed by atoms with Crippen LogP contribution in [-0.4, -0.2) is 26.7 Å². The summed E-state index contributed by atoms with van der Waals surface area (Å²) in [5.41, 5.74) is 3.41. The van der Waals surface area contributed by atoms with Crippen LogP contribution in [0.25, 0.3) is 5.57 Å². The molecule has 1 amide bonds. The fourth-order valence-corrected chi connectivity index (χ4v) is 2.68. The van der Waals surface area contributed by atoms with Crippen LogP contribution in [0.2, 0.25) is 5.02 Å². The summed E-state index contributed by atoms with van der Waals surface area (Å²) in [4.78, 5) is 12.3. The molecule has 0 saturated carbocycles. The maximum absolute atomic E-state index is 12.3. The van der Waals surface area contributed by atoms with Gasteiger partial charge < -0.3 is 14.8 Å². The lowest BCUT2D eigenvalue weighted by molar-refractivity contribution is -0.115. The minimum atomic E-state index is -0.238. The van der Waals surface area contributed by atoms with Crippen molar-refractivity contribution in [2.24, 2.45) is 0 Å². The van der Waals surface area contributed by atoms with Crippen molar-refractivity contribution in [1.82, 2.24) is 5.32 Å². The largest absolute Gasteiger partial charge is 0.493 e. The lowest BCUT2D eigenvalue weighted by atomic mass is 10.1. The number of carbonyl (C=O) groups excluding carboxylic acids is 1. The smallest absolute Gasteiger partial charge is 0.252 e. The molecule has 0 aliphatic rings. The van der Waals surface area contributed by atoms with Crippen LogP contribution in [0.5, 0.6) is 11.5 Å². The third kappa shape index (κ3) is 5.15. The number of amides is 1. The van der Waals surface area contributed by atoms with Crippen LogP contribution in [0.4, 0.5) is 0 Å². The van der Waals surface area contributed by atoms with Gasteiger partial charge in [-0.25, -0.2) is 0 Å². The highest BCUT2D eigenvalue weighted by atomic mass is 35.5. The number of rotatable bonds is 7. The number of ether oxygens (including phenoxy) is 2. The summed E-state index contributed by atoms with van der Waals surface area (Å²) in [6.07, 6.45) is 0.655. The zero-order chi connectivity index (χ0) is 18.2. The van der Waals surface area contributed by atoms with E-state index in [0.717, 1.165) is 5.56 Å². The van der Waals surface area contributed by atoms with Gasteiger partial charge >= 0.3 is 0 Å². The Kier molecular flexibility index (Phi) is 7.16. The molecule has 0 aromatic heterocycles. The van der Waals surface area contributed by atoms with Crippen molar-refractivity contribution in [3.63, 3.8) is 0 Å². The molecule has 2 aromatic carbocycles. The van der Waals surface area contributed by atoms with E-state index in [-0.39, 0.29) is 5.91 Å². The Balaban J connectivity index is 1.96. The van der Waals surface area contributed by atoms with Crippen LogP contribution < -0.4 is 14.8 Å². The number of hydrogen-bond acceptors (Lipinski definition) is 3. The van der Waals surface area contributed by atoms with Crippen molar-refractivity contribution in [1.29, 1.82) is 0 Å². The second-order valence-corrected chi connectivity index (χ2v) is 5.88. The van der Waals surface area contributed by atoms with Crippen molar-refractivity contribution in [3.05, 3.63) is 64.1 Å². The monoisotopic (exact) mass is 379 g/mol. The van der Waals surface area contributed by atoms with Gasteiger partial charge in [0, 0.05) is 17.1 Å². The second kappa shape index (κ2) is 9.35. The minimum Gasteiger partial charge on any atom is -0.493 e. The molecule has 6 heteroatoms. The van der Waals surface area contributed by atoms with Crippen molar-refractivity contribution >= 4 is 34.7 Å². The maximum atomic E-state index is 12.3. The fourth-order valence-electron chi connectivity index (χ4n) is 2.32. The van der Waals surface area contributed by atoms with Crippen LogP contribution in [0.3, 0.4) is 0 Å². The summed E-state index contributed by atoms with van der Waals surface area (Å²) in [5, 5.41) is 3.47. The third-order valence-electron chi connectivity index (χ3n) is 3.66. The van der Waals surface area contributed by atoms with E-state index < -0.39 is 0 Å². The van der Waals surface area contributed by atoms with Crippen LogP contribution in [-0.2, 0) is 11.2 Å². The highest BCUT2D eigenvalue weighted by Gasteiger charge is 2.11. The van der Waals surface area contributed by atoms with E-state index >= 15 is 0 Å². The van der Waals surface area contributed by atoms with Gasteiger partial charge in [-0.15, -0.1) is 0 Å². The lowest BCUT2D eigenvalue weighted by Crippen LogP contribution is -2.26. The number of nitrogens with one attached hydrogen (secondary N) is 1. The Hall–Kier alpha value is -2.17. The SMILES string of the molecule is COc1ccc(CCNC(=O)C(=CCl)c2ccc(Cl)cc2)cc1OC. The zero-order valence-corrected chi connectivity index (χ0v) is 15.5. The molecule has 0 unspecified atom stereocenters. The van der Waals surface area contributed by atoms with E-state index in [1.54, 1.807) is 38.5 Å². The maximum Gasteiger partial charge on any atom is 0.252 e. The van der Waals surface area contributed by atoms with E-state index in [9.17, 15) is 4.79 Å². The van der Waals surface area contributed by atoms with Gasteiger partial charge in [0.05, 0.1) is 19.8 Å². The predicted molar refractivity (Wildman–Crippen MR) is 102 cm³/mol. The Morgan fingerprint density at radius 2 is 1.76 bits per heavy atom. The number of carbonyl (C=O) groups is 1. The Labute approximate surface area is 157 Å². The quantitative estimate of drug-likeness (QED) is 0.729. The first-order chi connectivity index (χ1) is 12.1. The topological polar surface area (TPSA) is 47.6 Å². The summed E-state index contributed by atoms with van der Waals surface area (Å²) < 4.78 is 10.5. The van der Waals surface area contributed by atoms with Gasteiger partial charge in [-0.05, 0) is 41.8 Å². The Morgan fingerprint density at radius 1 is 1.08 bits per heavy atom. The first-order valence-corrected chi connectivity index (χ1v) is 8.46. The fraction of sp³-hybridized carbons (Fsp3) is 0.211. The molecule has 0 heterocycles. The molecule has 0 fully saturated rings. The Bertz CT molecular complexity index is 758. The van der Waals surface area contributed by atoms with Crippen LogP contribution in [0.15, 0.2) is 48.0 Å². The molecular formula is C19H19Cl2NO3. The summed E-state index contributed by atoms with van der Waals surface area (Å²) >= 11 is 11.7. The molecule has 2 rings (SSSR count). The van der Waals surface area contributed by atoms with Crippen LogP contribution >= 0.6 is 23.2 Å². The molecule has 0 atom stereocenters. The third-order valence-corrected chi connectivity index (χ3v) is 4.13. The summed E-state index contributed by atoms with van der Waals surface area (Å²) in [5.74, 6) is 1.09. The lowest BCUT2D eigenvalue weighted by Gasteiger charge is -2.11. The molecular weight excluding hydrogens is 361 g/mol. The average molecular weight is 380 g/mol.